The summed E-state index contributed by atoms with van der Waals surface area (Å²) in [6.45, 7) is 1.27. The maximum atomic E-state index is 13.1. The monoisotopic (exact) mass is 546 g/mol. The lowest BCUT2D eigenvalue weighted by Gasteiger charge is -2.18. The fraction of sp³-hybridized carbons (Fsp3) is 0.333. The lowest BCUT2D eigenvalue weighted by Crippen LogP contribution is -2.13. The number of carbonyl (C=O) groups is 2. The Hall–Kier alpha value is -2.89. The molecule has 0 atom stereocenters. The van der Waals surface area contributed by atoms with Crippen molar-refractivity contribution in [2.24, 2.45) is 0 Å². The molecule has 9 nitrogen and oxygen atoms in total. The first-order valence-electron chi connectivity index (χ1n) is 8.90. The van der Waals surface area contributed by atoms with Gasteiger partial charge in [0.25, 0.3) is 0 Å². The van der Waals surface area contributed by atoms with Crippen LogP contribution in [0.1, 0.15) is 22.8 Å². The van der Waals surface area contributed by atoms with Crippen molar-refractivity contribution in [1.82, 2.24) is 0 Å². The third-order valence-electron chi connectivity index (χ3n) is 4.14. The van der Waals surface area contributed by atoms with Crippen molar-refractivity contribution in [3.05, 3.63) is 32.9 Å². The van der Waals surface area contributed by atoms with Crippen LogP contribution in [0.15, 0.2) is 18.2 Å². The molecule has 0 fully saturated rings. The molecule has 168 valence electrons. The van der Waals surface area contributed by atoms with Gasteiger partial charge >= 0.3 is 11.9 Å². The normalized spacial score (nSPS) is 10.2. The number of benzene rings is 2. The van der Waals surface area contributed by atoms with Crippen molar-refractivity contribution in [1.29, 1.82) is 0 Å². The van der Waals surface area contributed by atoms with E-state index < -0.39 is 11.9 Å². The van der Waals surface area contributed by atoms with Crippen LogP contribution in [0.25, 0.3) is 0 Å². The summed E-state index contributed by atoms with van der Waals surface area (Å²) in [5, 5.41) is 0. The van der Waals surface area contributed by atoms with E-state index in [0.29, 0.717) is 32.1 Å². The van der Waals surface area contributed by atoms with Crippen LogP contribution in [0.3, 0.4) is 0 Å². The molecule has 0 saturated carbocycles. The fourth-order valence-electron chi connectivity index (χ4n) is 2.75. The van der Waals surface area contributed by atoms with Crippen LogP contribution in [-0.2, 0) is 16.1 Å². The average Bonchev–Trinajstić information content (AvgIpc) is 2.76. The van der Waals surface area contributed by atoms with Gasteiger partial charge in [-0.25, -0.2) is 4.79 Å². The highest BCUT2D eigenvalue weighted by Gasteiger charge is 2.25. The summed E-state index contributed by atoms with van der Waals surface area (Å²) in [5.41, 5.74) is 0.747. The maximum absolute atomic E-state index is 13.1. The Bertz CT molecular complexity index is 972. The second kappa shape index (κ2) is 10.9. The number of methoxy groups -OCH3 is 5. The summed E-state index contributed by atoms with van der Waals surface area (Å²) in [5.74, 6) is 0.489. The molecule has 0 aromatic heterocycles. The minimum Gasteiger partial charge on any atom is -0.493 e. The van der Waals surface area contributed by atoms with Crippen LogP contribution >= 0.6 is 22.6 Å². The van der Waals surface area contributed by atoms with Gasteiger partial charge in [0, 0.05) is 6.92 Å². The summed E-state index contributed by atoms with van der Waals surface area (Å²) >= 11 is 1.97. The van der Waals surface area contributed by atoms with E-state index in [9.17, 15) is 9.59 Å². The molecule has 0 aliphatic rings. The Morgan fingerprint density at radius 3 is 1.84 bits per heavy atom. The number of hydrogen-bond donors (Lipinski definition) is 0. The topological polar surface area (TPSA) is 98.8 Å². The number of hydrogen-bond acceptors (Lipinski definition) is 9. The van der Waals surface area contributed by atoms with E-state index in [-0.39, 0.29) is 23.7 Å². The zero-order valence-electron chi connectivity index (χ0n) is 18.0. The molecule has 31 heavy (non-hydrogen) atoms. The van der Waals surface area contributed by atoms with Gasteiger partial charge < -0.3 is 33.2 Å². The van der Waals surface area contributed by atoms with E-state index in [2.05, 4.69) is 0 Å². The molecule has 2 aromatic rings. The zero-order valence-corrected chi connectivity index (χ0v) is 20.1. The van der Waals surface area contributed by atoms with Crippen molar-refractivity contribution < 1.29 is 42.7 Å². The minimum absolute atomic E-state index is 0.0258. The number of halogens is 1. The summed E-state index contributed by atoms with van der Waals surface area (Å²) < 4.78 is 37.9. The molecule has 0 bridgehead atoms. The van der Waals surface area contributed by atoms with Gasteiger partial charge in [-0.2, -0.15) is 0 Å². The molecule has 0 aliphatic heterocycles. The molecule has 0 radical (unpaired) electrons. The van der Waals surface area contributed by atoms with Gasteiger partial charge in [0.1, 0.15) is 6.61 Å². The maximum Gasteiger partial charge on any atom is 0.345 e. The molecule has 10 heteroatoms. The molecular weight excluding hydrogens is 523 g/mol. The van der Waals surface area contributed by atoms with Crippen molar-refractivity contribution in [2.75, 3.05) is 35.5 Å². The summed E-state index contributed by atoms with van der Waals surface area (Å²) in [6.07, 6.45) is 0. The Balaban J connectivity index is 2.51. The Labute approximate surface area is 193 Å². The lowest BCUT2D eigenvalue weighted by atomic mass is 10.1. The molecular formula is C21H23IO9. The van der Waals surface area contributed by atoms with Gasteiger partial charge in [0.2, 0.25) is 11.5 Å². The van der Waals surface area contributed by atoms with Crippen LogP contribution in [0.4, 0.5) is 0 Å². The third-order valence-corrected chi connectivity index (χ3v) is 5.21. The van der Waals surface area contributed by atoms with Crippen LogP contribution in [0.5, 0.6) is 34.5 Å². The second-order valence-electron chi connectivity index (χ2n) is 6.01. The number of rotatable bonds is 9. The third kappa shape index (κ3) is 5.43. The van der Waals surface area contributed by atoms with E-state index in [1.54, 1.807) is 6.07 Å². The largest absolute Gasteiger partial charge is 0.493 e. The van der Waals surface area contributed by atoms with Crippen LogP contribution < -0.4 is 28.4 Å². The second-order valence-corrected chi connectivity index (χ2v) is 7.08. The predicted molar refractivity (Wildman–Crippen MR) is 119 cm³/mol. The number of ether oxygens (including phenoxy) is 7. The number of esters is 2. The Morgan fingerprint density at radius 1 is 0.774 bits per heavy atom. The summed E-state index contributed by atoms with van der Waals surface area (Å²) in [6, 6.07) is 4.66. The van der Waals surface area contributed by atoms with E-state index in [1.807, 2.05) is 22.6 Å². The van der Waals surface area contributed by atoms with Crippen LogP contribution in [0.2, 0.25) is 0 Å². The van der Waals surface area contributed by atoms with Crippen LogP contribution in [-0.4, -0.2) is 47.5 Å². The average molecular weight is 546 g/mol. The van der Waals surface area contributed by atoms with Crippen molar-refractivity contribution in [2.45, 2.75) is 13.5 Å². The highest BCUT2D eigenvalue weighted by molar-refractivity contribution is 14.1. The first kappa shape index (κ1) is 24.4. The molecule has 0 saturated heterocycles. The lowest BCUT2D eigenvalue weighted by molar-refractivity contribution is -0.142. The minimum atomic E-state index is -0.686. The highest BCUT2D eigenvalue weighted by Crippen LogP contribution is 2.44. The van der Waals surface area contributed by atoms with Gasteiger partial charge in [-0.05, 0) is 46.4 Å². The van der Waals surface area contributed by atoms with Gasteiger partial charge in [-0.1, -0.05) is 0 Å². The van der Waals surface area contributed by atoms with E-state index in [4.69, 9.17) is 33.2 Å². The Morgan fingerprint density at radius 2 is 1.32 bits per heavy atom. The molecule has 0 amide bonds. The molecule has 2 aromatic carbocycles. The quantitative estimate of drug-likeness (QED) is 0.265. The SMILES string of the molecule is COc1cc(COC(C)=O)cc(OC(=O)c2cc(OC)c(OC)c(OC)c2I)c1OC. The van der Waals surface area contributed by atoms with E-state index in [0.717, 1.165) is 0 Å². The highest BCUT2D eigenvalue weighted by atomic mass is 127. The van der Waals surface area contributed by atoms with E-state index in [1.165, 1.54) is 54.6 Å². The van der Waals surface area contributed by atoms with Crippen molar-refractivity contribution in [3.8, 4) is 34.5 Å². The van der Waals surface area contributed by atoms with Gasteiger partial charge in [-0.15, -0.1) is 0 Å². The van der Waals surface area contributed by atoms with Crippen molar-refractivity contribution in [3.63, 3.8) is 0 Å². The standard InChI is InChI=1S/C21H23IO9/c1-11(23)30-10-12-7-14(25-2)18(27-4)16(8-12)31-21(24)13-9-15(26-3)19(28-5)20(29-6)17(13)22/h7-9H,10H2,1-6H3. The smallest absolute Gasteiger partial charge is 0.345 e. The van der Waals surface area contributed by atoms with Gasteiger partial charge in [0.15, 0.2) is 23.0 Å². The first-order valence-corrected chi connectivity index (χ1v) is 9.97. The fourth-order valence-corrected chi connectivity index (χ4v) is 3.59. The molecule has 0 aliphatic carbocycles. The molecule has 0 unspecified atom stereocenters. The number of carbonyl (C=O) groups excluding carboxylic acids is 2. The first-order chi connectivity index (χ1) is 14.8. The van der Waals surface area contributed by atoms with Crippen molar-refractivity contribution >= 4 is 34.5 Å². The van der Waals surface area contributed by atoms with Gasteiger partial charge in [-0.3, -0.25) is 4.79 Å². The summed E-state index contributed by atoms with van der Waals surface area (Å²) in [4.78, 5) is 24.2. The molecule has 0 heterocycles. The Kier molecular flexibility index (Phi) is 8.60. The molecule has 0 spiro atoms. The van der Waals surface area contributed by atoms with E-state index >= 15 is 0 Å². The van der Waals surface area contributed by atoms with Gasteiger partial charge in [0.05, 0.1) is 44.7 Å². The predicted octanol–water partition coefficient (Wildman–Crippen LogP) is 3.62. The zero-order chi connectivity index (χ0) is 23.1. The summed E-state index contributed by atoms with van der Waals surface area (Å²) in [7, 11) is 7.25. The molecule has 0 N–H and O–H groups in total. The van der Waals surface area contributed by atoms with Crippen LogP contribution in [0, 0.1) is 3.57 Å². The molecule has 2 rings (SSSR count).